The molecule has 1 unspecified atom stereocenters. The van der Waals surface area contributed by atoms with Gasteiger partial charge in [-0.15, -0.1) is 11.3 Å². The lowest BCUT2D eigenvalue weighted by Gasteiger charge is -2.22. The number of nitrogens with one attached hydrogen (secondary N) is 1. The maximum Gasteiger partial charge on any atom is 0.260 e. The van der Waals surface area contributed by atoms with Crippen molar-refractivity contribution in [3.05, 3.63) is 63.9 Å². The number of aliphatic hydroxyl groups is 1. The number of ether oxygens (including phenoxy) is 2. The van der Waals surface area contributed by atoms with Gasteiger partial charge in [0.2, 0.25) is 0 Å². The Morgan fingerprint density at radius 3 is 2.72 bits per heavy atom. The SMILES string of the molecule is COc1ccc(-c2csc3nc(CN(Cc4ccco4)CC(C)O)[nH]c(=O)c23)cc1OC. The molecule has 0 aliphatic carbocycles. The second-order valence-corrected chi connectivity index (χ2v) is 8.37. The third kappa shape index (κ3) is 4.69. The van der Waals surface area contributed by atoms with E-state index >= 15 is 0 Å². The van der Waals surface area contributed by atoms with Gasteiger partial charge in [0.15, 0.2) is 11.5 Å². The van der Waals surface area contributed by atoms with Gasteiger partial charge >= 0.3 is 0 Å². The molecule has 4 aromatic rings. The first kappa shape index (κ1) is 22.1. The zero-order chi connectivity index (χ0) is 22.7. The average Bonchev–Trinajstić information content (AvgIpc) is 3.42. The summed E-state index contributed by atoms with van der Waals surface area (Å²) in [6.45, 7) is 3.02. The van der Waals surface area contributed by atoms with Crippen LogP contribution >= 0.6 is 11.3 Å². The number of rotatable bonds is 9. The van der Waals surface area contributed by atoms with Gasteiger partial charge in [-0.3, -0.25) is 9.69 Å². The summed E-state index contributed by atoms with van der Waals surface area (Å²) >= 11 is 1.42. The van der Waals surface area contributed by atoms with Gasteiger partial charge in [-0.2, -0.15) is 0 Å². The number of hydrogen-bond acceptors (Lipinski definition) is 8. The standard InChI is InChI=1S/C23H25N3O5S/c1-14(27)10-26(11-16-5-4-8-31-16)12-20-24-22(28)21-17(13-32-23(21)25-20)15-6-7-18(29-2)19(9-15)30-3/h4-9,13-14,27H,10-12H2,1-3H3,(H,24,25,28). The predicted molar refractivity (Wildman–Crippen MR) is 123 cm³/mol. The predicted octanol–water partition coefficient (Wildman–Crippen LogP) is 3.64. The summed E-state index contributed by atoms with van der Waals surface area (Å²) in [5.41, 5.74) is 1.44. The molecule has 168 valence electrons. The fourth-order valence-corrected chi connectivity index (χ4v) is 4.64. The van der Waals surface area contributed by atoms with E-state index in [1.165, 1.54) is 11.3 Å². The Morgan fingerprint density at radius 2 is 2.03 bits per heavy atom. The first-order valence-corrected chi connectivity index (χ1v) is 11.0. The van der Waals surface area contributed by atoms with Crippen molar-refractivity contribution in [3.8, 4) is 22.6 Å². The molecule has 3 heterocycles. The van der Waals surface area contributed by atoms with Crippen molar-refractivity contribution in [3.63, 3.8) is 0 Å². The van der Waals surface area contributed by atoms with E-state index in [1.54, 1.807) is 27.4 Å². The first-order valence-electron chi connectivity index (χ1n) is 10.1. The molecule has 0 saturated heterocycles. The smallest absolute Gasteiger partial charge is 0.260 e. The van der Waals surface area contributed by atoms with Crippen molar-refractivity contribution in [2.45, 2.75) is 26.1 Å². The highest BCUT2D eigenvalue weighted by Gasteiger charge is 2.17. The number of nitrogens with zero attached hydrogens (tertiary/aromatic N) is 2. The summed E-state index contributed by atoms with van der Waals surface area (Å²) in [6.07, 6.45) is 1.09. The molecule has 9 heteroatoms. The number of furan rings is 1. The van der Waals surface area contributed by atoms with Crippen molar-refractivity contribution in [1.29, 1.82) is 0 Å². The number of fused-ring (bicyclic) bond motifs is 1. The lowest BCUT2D eigenvalue weighted by Crippen LogP contribution is -2.31. The summed E-state index contributed by atoms with van der Waals surface area (Å²) in [5.74, 6) is 2.54. The van der Waals surface area contributed by atoms with Crippen LogP contribution in [-0.2, 0) is 13.1 Å². The van der Waals surface area contributed by atoms with Crippen LogP contribution in [0.1, 0.15) is 18.5 Å². The largest absolute Gasteiger partial charge is 0.493 e. The van der Waals surface area contributed by atoms with Crippen molar-refractivity contribution < 1.29 is 19.0 Å². The molecule has 3 aromatic heterocycles. The lowest BCUT2D eigenvalue weighted by atomic mass is 10.1. The first-order chi connectivity index (χ1) is 15.5. The highest BCUT2D eigenvalue weighted by molar-refractivity contribution is 7.17. The Hall–Kier alpha value is -3.14. The van der Waals surface area contributed by atoms with Gasteiger partial charge in [-0.05, 0) is 36.8 Å². The number of methoxy groups -OCH3 is 2. The van der Waals surface area contributed by atoms with E-state index in [1.807, 2.05) is 40.6 Å². The minimum absolute atomic E-state index is 0.203. The molecule has 32 heavy (non-hydrogen) atoms. The van der Waals surface area contributed by atoms with Crippen LogP contribution in [0.15, 0.2) is 51.2 Å². The van der Waals surface area contributed by atoms with Crippen molar-refractivity contribution in [2.75, 3.05) is 20.8 Å². The second kappa shape index (κ2) is 9.56. The topological polar surface area (TPSA) is 101 Å². The van der Waals surface area contributed by atoms with Crippen LogP contribution in [-0.4, -0.2) is 46.8 Å². The van der Waals surface area contributed by atoms with E-state index in [9.17, 15) is 9.90 Å². The number of thiophene rings is 1. The molecule has 8 nitrogen and oxygen atoms in total. The maximum absolute atomic E-state index is 13.0. The van der Waals surface area contributed by atoms with Gasteiger partial charge in [0.05, 0.1) is 45.1 Å². The molecular formula is C23H25N3O5S. The van der Waals surface area contributed by atoms with Gasteiger partial charge in [0.25, 0.3) is 5.56 Å². The van der Waals surface area contributed by atoms with Crippen LogP contribution in [0.25, 0.3) is 21.3 Å². The molecule has 4 rings (SSSR count). The summed E-state index contributed by atoms with van der Waals surface area (Å²) in [7, 11) is 3.16. The van der Waals surface area contributed by atoms with Crippen LogP contribution in [0.2, 0.25) is 0 Å². The molecule has 0 bridgehead atoms. The fraction of sp³-hybridized carbons (Fsp3) is 0.304. The second-order valence-electron chi connectivity index (χ2n) is 7.51. The Morgan fingerprint density at radius 1 is 1.22 bits per heavy atom. The number of hydrogen-bond donors (Lipinski definition) is 2. The summed E-state index contributed by atoms with van der Waals surface area (Å²) < 4.78 is 16.1. The van der Waals surface area contributed by atoms with E-state index in [2.05, 4.69) is 9.97 Å². The number of aliphatic hydroxyl groups excluding tert-OH is 1. The molecule has 0 spiro atoms. The van der Waals surface area contributed by atoms with E-state index in [0.29, 0.717) is 47.2 Å². The molecule has 0 saturated carbocycles. The number of H-pyrrole nitrogens is 1. The van der Waals surface area contributed by atoms with Crippen LogP contribution < -0.4 is 15.0 Å². The van der Waals surface area contributed by atoms with Crippen LogP contribution in [0.4, 0.5) is 0 Å². The molecule has 0 aliphatic heterocycles. The zero-order valence-corrected chi connectivity index (χ0v) is 18.9. The molecule has 0 amide bonds. The highest BCUT2D eigenvalue weighted by Crippen LogP contribution is 2.36. The van der Waals surface area contributed by atoms with Gasteiger partial charge in [-0.1, -0.05) is 6.07 Å². The quantitative estimate of drug-likeness (QED) is 0.397. The molecule has 0 radical (unpaired) electrons. The van der Waals surface area contributed by atoms with Gasteiger partial charge in [-0.25, -0.2) is 4.98 Å². The van der Waals surface area contributed by atoms with E-state index in [4.69, 9.17) is 13.9 Å². The maximum atomic E-state index is 13.0. The minimum Gasteiger partial charge on any atom is -0.493 e. The third-order valence-electron chi connectivity index (χ3n) is 5.04. The average molecular weight is 456 g/mol. The molecule has 0 fully saturated rings. The normalized spacial score (nSPS) is 12.4. The highest BCUT2D eigenvalue weighted by atomic mass is 32.1. The van der Waals surface area contributed by atoms with Gasteiger partial charge in [0, 0.05) is 17.5 Å². The van der Waals surface area contributed by atoms with E-state index < -0.39 is 6.10 Å². The van der Waals surface area contributed by atoms with Gasteiger partial charge in [0.1, 0.15) is 16.4 Å². The van der Waals surface area contributed by atoms with E-state index in [-0.39, 0.29) is 5.56 Å². The van der Waals surface area contributed by atoms with Crippen LogP contribution in [0.3, 0.4) is 0 Å². The van der Waals surface area contributed by atoms with Crippen molar-refractivity contribution in [2.24, 2.45) is 0 Å². The molecule has 2 N–H and O–H groups in total. The van der Waals surface area contributed by atoms with Crippen molar-refractivity contribution in [1.82, 2.24) is 14.9 Å². The molecule has 0 aliphatic rings. The molecule has 1 aromatic carbocycles. The minimum atomic E-state index is -0.529. The van der Waals surface area contributed by atoms with Crippen molar-refractivity contribution >= 4 is 21.6 Å². The summed E-state index contributed by atoms with van der Waals surface area (Å²) in [6, 6.07) is 9.26. The number of aromatic amines is 1. The number of benzene rings is 1. The Kier molecular flexibility index (Phi) is 6.59. The van der Waals surface area contributed by atoms with Crippen LogP contribution in [0, 0.1) is 0 Å². The third-order valence-corrected chi connectivity index (χ3v) is 5.92. The molecule has 1 atom stereocenters. The Balaban J connectivity index is 1.66. The Labute approximate surface area is 189 Å². The van der Waals surface area contributed by atoms with E-state index in [0.717, 1.165) is 16.9 Å². The molecular weight excluding hydrogens is 430 g/mol. The lowest BCUT2D eigenvalue weighted by molar-refractivity contribution is 0.111. The fourth-order valence-electron chi connectivity index (χ4n) is 3.68. The summed E-state index contributed by atoms with van der Waals surface area (Å²) in [4.78, 5) is 23.3. The monoisotopic (exact) mass is 455 g/mol. The Bertz CT molecular complexity index is 1250. The zero-order valence-electron chi connectivity index (χ0n) is 18.1. The van der Waals surface area contributed by atoms with Crippen LogP contribution in [0.5, 0.6) is 11.5 Å². The summed E-state index contributed by atoms with van der Waals surface area (Å²) in [5, 5.41) is 12.3. The van der Waals surface area contributed by atoms with Gasteiger partial charge < -0.3 is 24.0 Å². The number of aromatic nitrogens is 2.